The lowest BCUT2D eigenvalue weighted by Gasteiger charge is -1.96. The van der Waals surface area contributed by atoms with Gasteiger partial charge in [0, 0.05) is 33.7 Å². The SMILES string of the molecule is C[N+]1=C=[N+](c2cccc3c2sc2ccccc23)c2ccccc21. The summed E-state index contributed by atoms with van der Waals surface area (Å²) in [5.41, 5.74) is 3.56. The summed E-state index contributed by atoms with van der Waals surface area (Å²) in [7, 11) is 2.05. The molecule has 0 bridgehead atoms. The number of thiophene rings is 1. The van der Waals surface area contributed by atoms with E-state index in [1.165, 1.54) is 37.2 Å². The van der Waals surface area contributed by atoms with Crippen LogP contribution < -0.4 is 4.58 Å². The summed E-state index contributed by atoms with van der Waals surface area (Å²) in [5.74, 6) is 0. The summed E-state index contributed by atoms with van der Waals surface area (Å²) < 4.78 is 6.87. The first-order valence-corrected chi connectivity index (χ1v) is 8.44. The predicted molar refractivity (Wildman–Crippen MR) is 98.1 cm³/mol. The molecule has 0 spiro atoms. The van der Waals surface area contributed by atoms with Gasteiger partial charge in [0.15, 0.2) is 7.05 Å². The Bertz CT molecular complexity index is 1160. The highest BCUT2D eigenvalue weighted by molar-refractivity contribution is 7.26. The van der Waals surface area contributed by atoms with Gasteiger partial charge in [0.1, 0.15) is 4.70 Å². The van der Waals surface area contributed by atoms with Gasteiger partial charge in [0.05, 0.1) is 0 Å². The zero-order chi connectivity index (χ0) is 15.4. The normalized spacial score (nSPS) is 13.3. The number of benzene rings is 3. The number of fused-ring (bicyclic) bond motifs is 4. The van der Waals surface area contributed by atoms with E-state index in [-0.39, 0.29) is 0 Å². The molecule has 2 heterocycles. The molecule has 5 rings (SSSR count). The summed E-state index contributed by atoms with van der Waals surface area (Å²) >= 11 is 1.85. The minimum atomic E-state index is 1.18. The summed E-state index contributed by atoms with van der Waals surface area (Å²) in [6, 6.07) is 27.0. The third-order valence-electron chi connectivity index (χ3n) is 4.36. The lowest BCUT2D eigenvalue weighted by atomic mass is 10.1. The number of para-hydroxylation sites is 2. The van der Waals surface area contributed by atoms with Gasteiger partial charge < -0.3 is 0 Å². The van der Waals surface area contributed by atoms with E-state index in [0.717, 1.165) is 0 Å². The second-order valence-electron chi connectivity index (χ2n) is 5.74. The van der Waals surface area contributed by atoms with Gasteiger partial charge in [0.25, 0.3) is 11.4 Å². The van der Waals surface area contributed by atoms with Gasteiger partial charge in [-0.15, -0.1) is 11.3 Å². The van der Waals surface area contributed by atoms with Crippen molar-refractivity contribution in [1.82, 2.24) is 4.58 Å². The molecule has 1 aromatic heterocycles. The van der Waals surface area contributed by atoms with Gasteiger partial charge in [-0.1, -0.05) is 47.0 Å². The molecule has 4 aromatic rings. The number of hydrogen-bond acceptors (Lipinski definition) is 1. The first kappa shape index (κ1) is 12.8. The highest BCUT2D eigenvalue weighted by Gasteiger charge is 2.33. The molecule has 0 N–H and O–H groups in total. The molecule has 0 unspecified atom stereocenters. The van der Waals surface area contributed by atoms with Crippen molar-refractivity contribution in [2.75, 3.05) is 7.05 Å². The van der Waals surface area contributed by atoms with Crippen LogP contribution in [0.25, 0.3) is 20.2 Å². The van der Waals surface area contributed by atoms with Gasteiger partial charge in [-0.05, 0) is 10.6 Å². The Labute approximate surface area is 137 Å². The molecule has 0 amide bonds. The Hall–Kier alpha value is -2.74. The van der Waals surface area contributed by atoms with Gasteiger partial charge in [0.2, 0.25) is 5.69 Å². The van der Waals surface area contributed by atoms with Crippen molar-refractivity contribution < 1.29 is 4.58 Å². The minimum absolute atomic E-state index is 1.18. The molecule has 0 radical (unpaired) electrons. The molecular formula is C20H14N2S+2. The van der Waals surface area contributed by atoms with E-state index in [1.807, 2.05) is 18.4 Å². The Morgan fingerprint density at radius 3 is 2.35 bits per heavy atom. The molecule has 3 heteroatoms. The molecule has 0 saturated heterocycles. The van der Waals surface area contributed by atoms with Crippen LogP contribution in [0.1, 0.15) is 0 Å². The Morgan fingerprint density at radius 2 is 1.43 bits per heavy atom. The highest BCUT2D eigenvalue weighted by Crippen LogP contribution is 2.41. The molecule has 2 nitrogen and oxygen atoms in total. The molecule has 108 valence electrons. The summed E-state index contributed by atoms with van der Waals surface area (Å²) in [4.78, 5) is 0. The molecule has 1 aliphatic heterocycles. The van der Waals surface area contributed by atoms with Crippen molar-refractivity contribution in [2.24, 2.45) is 0 Å². The first-order chi connectivity index (χ1) is 11.3. The van der Waals surface area contributed by atoms with Crippen molar-refractivity contribution >= 4 is 54.6 Å². The lowest BCUT2D eigenvalue weighted by molar-refractivity contribution is -0.394. The van der Waals surface area contributed by atoms with Crippen molar-refractivity contribution in [1.29, 1.82) is 0 Å². The van der Waals surface area contributed by atoms with Crippen LogP contribution in [-0.4, -0.2) is 17.6 Å². The first-order valence-electron chi connectivity index (χ1n) is 7.62. The van der Waals surface area contributed by atoms with Gasteiger partial charge in [-0.25, -0.2) is 0 Å². The van der Waals surface area contributed by atoms with Gasteiger partial charge in [-0.3, -0.25) is 0 Å². The zero-order valence-corrected chi connectivity index (χ0v) is 13.5. The van der Waals surface area contributed by atoms with Crippen LogP contribution >= 0.6 is 11.3 Å². The fraction of sp³-hybridized carbons (Fsp3) is 0.0500. The maximum absolute atomic E-state index is 3.45. The lowest BCUT2D eigenvalue weighted by Crippen LogP contribution is -1.98. The molecule has 1 aliphatic rings. The standard InChI is InChI=1S/C20H14N2S/c1-21-13-22(17-10-4-3-9-16(17)21)18-11-6-8-15-14-7-2-5-12-19(14)23-20(15)18/h2-12H,1H3/q+2. The number of hydrogen-bond donors (Lipinski definition) is 0. The Balaban J connectivity index is 1.87. The second kappa shape index (κ2) is 4.63. The molecular weight excluding hydrogens is 300 g/mol. The van der Waals surface area contributed by atoms with Crippen LogP contribution in [0.15, 0.2) is 66.7 Å². The van der Waals surface area contributed by atoms with Crippen LogP contribution in [0.5, 0.6) is 0 Å². The maximum atomic E-state index is 3.45. The minimum Gasteiger partial charge on any atom is -0.128 e. The van der Waals surface area contributed by atoms with Crippen molar-refractivity contribution in [3.63, 3.8) is 0 Å². The van der Waals surface area contributed by atoms with E-state index in [1.54, 1.807) is 0 Å². The van der Waals surface area contributed by atoms with E-state index in [4.69, 9.17) is 0 Å². The highest BCUT2D eigenvalue weighted by atomic mass is 32.1. The van der Waals surface area contributed by atoms with Crippen molar-refractivity contribution in [2.45, 2.75) is 0 Å². The van der Waals surface area contributed by atoms with Gasteiger partial charge >= 0.3 is 6.01 Å². The molecule has 23 heavy (non-hydrogen) atoms. The molecule has 0 aliphatic carbocycles. The fourth-order valence-electron chi connectivity index (χ4n) is 3.29. The van der Waals surface area contributed by atoms with Crippen LogP contribution in [0, 0.1) is 0 Å². The summed E-state index contributed by atoms with van der Waals surface area (Å²) in [5, 5.41) is 2.65. The summed E-state index contributed by atoms with van der Waals surface area (Å²) in [6.07, 6.45) is 0. The van der Waals surface area contributed by atoms with Crippen LogP contribution in [-0.2, 0) is 0 Å². The number of nitrogens with zero attached hydrogens (tertiary/aromatic N) is 2. The van der Waals surface area contributed by atoms with E-state index in [2.05, 4.69) is 81.9 Å². The molecule has 0 atom stereocenters. The van der Waals surface area contributed by atoms with Crippen molar-refractivity contribution in [3.05, 3.63) is 66.7 Å². The summed E-state index contributed by atoms with van der Waals surface area (Å²) in [6.45, 7) is 0. The zero-order valence-electron chi connectivity index (χ0n) is 12.7. The largest absolute Gasteiger partial charge is 0.496 e. The van der Waals surface area contributed by atoms with E-state index < -0.39 is 0 Å². The van der Waals surface area contributed by atoms with Gasteiger partial charge in [-0.2, -0.15) is 0 Å². The average Bonchev–Trinajstić information content (AvgIpc) is 3.13. The van der Waals surface area contributed by atoms with Crippen LogP contribution in [0.4, 0.5) is 17.1 Å². The van der Waals surface area contributed by atoms with E-state index in [9.17, 15) is 0 Å². The quantitative estimate of drug-likeness (QED) is 0.418. The van der Waals surface area contributed by atoms with Crippen molar-refractivity contribution in [3.8, 4) is 0 Å². The maximum Gasteiger partial charge on any atom is 0.496 e. The Kier molecular flexibility index (Phi) is 2.57. The van der Waals surface area contributed by atoms with Crippen LogP contribution in [0.2, 0.25) is 0 Å². The third kappa shape index (κ3) is 1.75. The smallest absolute Gasteiger partial charge is 0.128 e. The average molecular weight is 314 g/mol. The second-order valence-corrected chi connectivity index (χ2v) is 6.79. The Morgan fingerprint density at radius 1 is 0.739 bits per heavy atom. The monoisotopic (exact) mass is 314 g/mol. The van der Waals surface area contributed by atoms with E-state index in [0.29, 0.717) is 0 Å². The number of rotatable bonds is 1. The molecule has 3 aromatic carbocycles. The molecule has 0 fully saturated rings. The van der Waals surface area contributed by atoms with Crippen LogP contribution in [0.3, 0.4) is 0 Å². The topological polar surface area (TPSA) is 6.02 Å². The van der Waals surface area contributed by atoms with E-state index >= 15 is 0 Å². The third-order valence-corrected chi connectivity index (χ3v) is 5.57. The fourth-order valence-corrected chi connectivity index (χ4v) is 4.49. The predicted octanol–water partition coefficient (Wildman–Crippen LogP) is 5.35. The molecule has 0 saturated carbocycles.